The Bertz CT molecular complexity index is 1060. The third-order valence-electron chi connectivity index (χ3n) is 5.67. The first-order chi connectivity index (χ1) is 16.1. The first-order valence-electron chi connectivity index (χ1n) is 10.9. The molecule has 1 aliphatic rings. The van der Waals surface area contributed by atoms with Gasteiger partial charge in [0.1, 0.15) is 17.2 Å². The predicted octanol–water partition coefficient (Wildman–Crippen LogP) is 3.28. The van der Waals surface area contributed by atoms with Crippen LogP contribution in [0.25, 0.3) is 11.3 Å². The van der Waals surface area contributed by atoms with Crippen molar-refractivity contribution in [1.82, 2.24) is 15.1 Å². The van der Waals surface area contributed by atoms with Gasteiger partial charge >= 0.3 is 0 Å². The molecule has 8 heteroatoms. The molecule has 0 aliphatic carbocycles. The Morgan fingerprint density at radius 2 is 1.55 bits per heavy atom. The molecule has 0 saturated carbocycles. The average molecular weight is 449 g/mol. The number of hydrogen-bond donors (Lipinski definition) is 0. The summed E-state index contributed by atoms with van der Waals surface area (Å²) in [6.07, 6.45) is -0.565. The zero-order valence-corrected chi connectivity index (χ0v) is 19.1. The Balaban J connectivity index is 1.33. The van der Waals surface area contributed by atoms with E-state index in [1.807, 2.05) is 53.4 Å². The fourth-order valence-electron chi connectivity index (χ4n) is 3.82. The summed E-state index contributed by atoms with van der Waals surface area (Å²) in [6, 6.07) is 18.9. The summed E-state index contributed by atoms with van der Waals surface area (Å²) in [6.45, 7) is 4.35. The molecule has 8 nitrogen and oxygen atoms in total. The number of ether oxygens (including phenoxy) is 3. The molecule has 2 heterocycles. The fraction of sp³-hybridized carbons (Fsp3) is 0.320. The summed E-state index contributed by atoms with van der Waals surface area (Å²) in [4.78, 5) is 16.8. The van der Waals surface area contributed by atoms with Crippen LogP contribution in [0.15, 0.2) is 60.7 Å². The molecule has 1 amide bonds. The van der Waals surface area contributed by atoms with Crippen LogP contribution in [-0.2, 0) is 4.79 Å². The second-order valence-electron chi connectivity index (χ2n) is 7.72. The minimum absolute atomic E-state index is 0.0249. The molecule has 0 bridgehead atoms. The van der Waals surface area contributed by atoms with Gasteiger partial charge in [-0.3, -0.25) is 4.79 Å². The van der Waals surface area contributed by atoms with Crippen molar-refractivity contribution < 1.29 is 19.0 Å². The molecular formula is C25H28N4O4. The number of nitrogens with zero attached hydrogens (tertiary/aromatic N) is 4. The molecule has 1 saturated heterocycles. The van der Waals surface area contributed by atoms with Crippen LogP contribution in [0.1, 0.15) is 6.92 Å². The summed E-state index contributed by atoms with van der Waals surface area (Å²) in [5, 5.41) is 8.80. The Morgan fingerprint density at radius 1 is 0.848 bits per heavy atom. The van der Waals surface area contributed by atoms with Crippen LogP contribution in [0.5, 0.6) is 17.2 Å². The van der Waals surface area contributed by atoms with Gasteiger partial charge in [0.25, 0.3) is 5.91 Å². The zero-order chi connectivity index (χ0) is 23.2. The van der Waals surface area contributed by atoms with Gasteiger partial charge in [-0.15, -0.1) is 10.2 Å². The summed E-state index contributed by atoms with van der Waals surface area (Å²) in [5.41, 5.74) is 1.66. The molecule has 0 N–H and O–H groups in total. The summed E-state index contributed by atoms with van der Waals surface area (Å²) in [7, 11) is 3.26. The van der Waals surface area contributed by atoms with Crippen molar-refractivity contribution in [3.8, 4) is 28.5 Å². The number of benzene rings is 2. The van der Waals surface area contributed by atoms with Gasteiger partial charge in [-0.25, -0.2) is 0 Å². The van der Waals surface area contributed by atoms with Gasteiger partial charge in [0.2, 0.25) is 0 Å². The maximum atomic E-state index is 12.8. The standard InChI is InChI=1S/C25H28N4O4/c1-18(33-20-10-8-19(31-2)9-11-20)25(30)29-16-14-28(15-17-29)24-13-12-22(26-27-24)21-6-4-5-7-23(21)32-3/h4-13,18H,14-17H2,1-3H3. The van der Waals surface area contributed by atoms with Crippen LogP contribution in [0, 0.1) is 0 Å². The summed E-state index contributed by atoms with van der Waals surface area (Å²) < 4.78 is 16.4. The molecule has 2 aromatic carbocycles. The maximum Gasteiger partial charge on any atom is 0.263 e. The molecule has 1 aromatic heterocycles. The lowest BCUT2D eigenvalue weighted by molar-refractivity contribution is -0.138. The van der Waals surface area contributed by atoms with Crippen molar-refractivity contribution in [2.45, 2.75) is 13.0 Å². The molecule has 0 spiro atoms. The van der Waals surface area contributed by atoms with E-state index in [1.54, 1.807) is 33.3 Å². The SMILES string of the molecule is COc1ccc(OC(C)C(=O)N2CCN(c3ccc(-c4ccccc4OC)nn3)CC2)cc1. The Hall–Kier alpha value is -3.81. The molecule has 1 atom stereocenters. The zero-order valence-electron chi connectivity index (χ0n) is 19.1. The molecule has 4 rings (SSSR count). The van der Waals surface area contributed by atoms with E-state index >= 15 is 0 Å². The quantitative estimate of drug-likeness (QED) is 0.549. The molecule has 3 aromatic rings. The van der Waals surface area contributed by atoms with Crippen molar-refractivity contribution in [2.24, 2.45) is 0 Å². The minimum atomic E-state index is -0.565. The van der Waals surface area contributed by atoms with Crippen molar-refractivity contribution in [1.29, 1.82) is 0 Å². The van der Waals surface area contributed by atoms with Gasteiger partial charge in [0.15, 0.2) is 11.9 Å². The minimum Gasteiger partial charge on any atom is -0.497 e. The first kappa shape index (κ1) is 22.4. The number of para-hydroxylation sites is 1. The molecule has 1 fully saturated rings. The van der Waals surface area contributed by atoms with Gasteiger partial charge in [0, 0.05) is 31.7 Å². The van der Waals surface area contributed by atoms with Crippen LogP contribution >= 0.6 is 0 Å². The van der Waals surface area contributed by atoms with E-state index in [2.05, 4.69) is 15.1 Å². The molecule has 33 heavy (non-hydrogen) atoms. The molecule has 172 valence electrons. The summed E-state index contributed by atoms with van der Waals surface area (Å²) in [5.74, 6) is 2.92. The lowest BCUT2D eigenvalue weighted by atomic mass is 10.1. The van der Waals surface area contributed by atoms with E-state index in [9.17, 15) is 4.79 Å². The third kappa shape index (κ3) is 5.16. The van der Waals surface area contributed by atoms with E-state index < -0.39 is 6.10 Å². The van der Waals surface area contributed by atoms with Gasteiger partial charge < -0.3 is 24.0 Å². The van der Waals surface area contributed by atoms with Crippen LogP contribution in [-0.4, -0.2) is 67.5 Å². The first-order valence-corrected chi connectivity index (χ1v) is 10.9. The maximum absolute atomic E-state index is 12.8. The number of aromatic nitrogens is 2. The highest BCUT2D eigenvalue weighted by atomic mass is 16.5. The average Bonchev–Trinajstić information content (AvgIpc) is 2.89. The highest BCUT2D eigenvalue weighted by molar-refractivity contribution is 5.81. The largest absolute Gasteiger partial charge is 0.497 e. The topological polar surface area (TPSA) is 77.0 Å². The van der Waals surface area contributed by atoms with E-state index in [0.29, 0.717) is 31.9 Å². The summed E-state index contributed by atoms with van der Waals surface area (Å²) >= 11 is 0. The number of rotatable bonds is 7. The van der Waals surface area contributed by atoms with Crippen molar-refractivity contribution in [3.63, 3.8) is 0 Å². The lowest BCUT2D eigenvalue weighted by Gasteiger charge is -2.36. The number of amides is 1. The van der Waals surface area contributed by atoms with Gasteiger partial charge in [-0.2, -0.15) is 0 Å². The highest BCUT2D eigenvalue weighted by Gasteiger charge is 2.26. The Morgan fingerprint density at radius 3 is 2.18 bits per heavy atom. The van der Waals surface area contributed by atoms with Crippen LogP contribution in [0.2, 0.25) is 0 Å². The predicted molar refractivity (Wildman–Crippen MR) is 126 cm³/mol. The number of carbonyl (C=O) groups is 1. The van der Waals surface area contributed by atoms with Gasteiger partial charge in [-0.1, -0.05) is 12.1 Å². The van der Waals surface area contributed by atoms with Crippen LogP contribution < -0.4 is 19.1 Å². The highest BCUT2D eigenvalue weighted by Crippen LogP contribution is 2.28. The van der Waals surface area contributed by atoms with E-state index in [-0.39, 0.29) is 5.91 Å². The monoisotopic (exact) mass is 448 g/mol. The van der Waals surface area contributed by atoms with E-state index in [1.165, 1.54) is 0 Å². The number of hydrogen-bond acceptors (Lipinski definition) is 7. The van der Waals surface area contributed by atoms with Crippen LogP contribution in [0.3, 0.4) is 0 Å². The molecule has 1 aliphatic heterocycles. The molecule has 0 radical (unpaired) electrons. The third-order valence-corrected chi connectivity index (χ3v) is 5.67. The van der Waals surface area contributed by atoms with Crippen molar-refractivity contribution in [3.05, 3.63) is 60.7 Å². The number of carbonyl (C=O) groups excluding carboxylic acids is 1. The number of anilines is 1. The molecular weight excluding hydrogens is 420 g/mol. The fourth-order valence-corrected chi connectivity index (χ4v) is 3.82. The Labute approximate surface area is 193 Å². The van der Waals surface area contributed by atoms with E-state index in [0.717, 1.165) is 28.6 Å². The number of piperazine rings is 1. The second kappa shape index (κ2) is 10.2. The second-order valence-corrected chi connectivity index (χ2v) is 7.72. The smallest absolute Gasteiger partial charge is 0.263 e. The normalized spacial score (nSPS) is 14.5. The van der Waals surface area contributed by atoms with E-state index in [4.69, 9.17) is 14.2 Å². The molecule has 1 unspecified atom stereocenters. The van der Waals surface area contributed by atoms with Crippen LogP contribution in [0.4, 0.5) is 5.82 Å². The Kier molecular flexibility index (Phi) is 6.92. The number of methoxy groups -OCH3 is 2. The lowest BCUT2D eigenvalue weighted by Crippen LogP contribution is -2.52. The van der Waals surface area contributed by atoms with Gasteiger partial charge in [0.05, 0.1) is 19.9 Å². The van der Waals surface area contributed by atoms with Gasteiger partial charge in [-0.05, 0) is 55.5 Å². The van der Waals surface area contributed by atoms with Crippen molar-refractivity contribution in [2.75, 3.05) is 45.3 Å². The van der Waals surface area contributed by atoms with Crippen molar-refractivity contribution >= 4 is 11.7 Å².